The molecule has 0 aromatic heterocycles. The van der Waals surface area contributed by atoms with Crippen molar-refractivity contribution in [3.63, 3.8) is 0 Å². The van der Waals surface area contributed by atoms with Crippen LogP contribution in [0, 0.1) is 5.92 Å². The minimum absolute atomic E-state index is 0.775. The Morgan fingerprint density at radius 1 is 1.18 bits per heavy atom. The number of hydrogen-bond acceptors (Lipinski definition) is 3. The van der Waals surface area contributed by atoms with Gasteiger partial charge in [-0.25, -0.2) is 0 Å². The third-order valence-electron chi connectivity index (χ3n) is 4.76. The zero-order valence-corrected chi connectivity index (χ0v) is 11.8. The van der Waals surface area contributed by atoms with Gasteiger partial charge in [-0.2, -0.15) is 0 Å². The highest BCUT2D eigenvalue weighted by molar-refractivity contribution is 4.83. The molecule has 1 N–H and O–H groups in total. The van der Waals surface area contributed by atoms with E-state index in [-0.39, 0.29) is 0 Å². The summed E-state index contributed by atoms with van der Waals surface area (Å²) in [6, 6.07) is 1.61. The molecule has 0 radical (unpaired) electrons. The van der Waals surface area contributed by atoms with E-state index in [0.717, 1.165) is 18.0 Å². The second-order valence-electron chi connectivity index (χ2n) is 6.15. The molecule has 1 atom stereocenters. The lowest BCUT2D eigenvalue weighted by Crippen LogP contribution is -2.41. The molecule has 1 saturated carbocycles. The number of nitrogens with zero attached hydrogens (tertiary/aromatic N) is 2. The lowest BCUT2D eigenvalue weighted by Gasteiger charge is -2.35. The first-order valence-corrected chi connectivity index (χ1v) is 7.25. The fraction of sp³-hybridized carbons (Fsp3) is 1.00. The Labute approximate surface area is 107 Å². The average Bonchev–Trinajstić information content (AvgIpc) is 2.75. The minimum Gasteiger partial charge on any atom is -0.317 e. The Morgan fingerprint density at radius 3 is 2.41 bits per heavy atom. The average molecular weight is 239 g/mol. The van der Waals surface area contributed by atoms with Crippen LogP contribution in [0.2, 0.25) is 0 Å². The third kappa shape index (κ3) is 3.67. The van der Waals surface area contributed by atoms with Crippen LogP contribution in [0.15, 0.2) is 0 Å². The fourth-order valence-electron chi connectivity index (χ4n) is 3.54. The summed E-state index contributed by atoms with van der Waals surface area (Å²) < 4.78 is 0. The van der Waals surface area contributed by atoms with Crippen molar-refractivity contribution < 1.29 is 0 Å². The van der Waals surface area contributed by atoms with Gasteiger partial charge in [-0.1, -0.05) is 0 Å². The van der Waals surface area contributed by atoms with Gasteiger partial charge in [0.05, 0.1) is 0 Å². The van der Waals surface area contributed by atoms with Crippen LogP contribution in [0.5, 0.6) is 0 Å². The summed E-state index contributed by atoms with van der Waals surface area (Å²) in [5.41, 5.74) is 0. The van der Waals surface area contributed by atoms with Gasteiger partial charge in [0.1, 0.15) is 0 Å². The van der Waals surface area contributed by atoms with Crippen LogP contribution < -0.4 is 5.32 Å². The van der Waals surface area contributed by atoms with Gasteiger partial charge in [-0.3, -0.25) is 0 Å². The van der Waals surface area contributed by atoms with Gasteiger partial charge in [0, 0.05) is 25.2 Å². The molecular formula is C14H29N3. The molecule has 0 spiro atoms. The van der Waals surface area contributed by atoms with E-state index in [1.807, 2.05) is 0 Å². The largest absolute Gasteiger partial charge is 0.317 e. The summed E-state index contributed by atoms with van der Waals surface area (Å²) in [5, 5.41) is 3.42. The molecule has 17 heavy (non-hydrogen) atoms. The number of hydrogen-bond donors (Lipinski definition) is 1. The van der Waals surface area contributed by atoms with E-state index < -0.39 is 0 Å². The molecular weight excluding hydrogens is 210 g/mol. The van der Waals surface area contributed by atoms with Crippen LogP contribution in [0.1, 0.15) is 32.1 Å². The normalized spacial score (nSPS) is 35.6. The predicted molar refractivity (Wildman–Crippen MR) is 73.3 cm³/mol. The van der Waals surface area contributed by atoms with E-state index in [1.54, 1.807) is 0 Å². The minimum atomic E-state index is 0.775. The SMILES string of the molecule is CNC1CCC(N(C)CC2CCN(C)C2)CC1. The second kappa shape index (κ2) is 6.17. The first kappa shape index (κ1) is 13.3. The number of nitrogens with one attached hydrogen (secondary N) is 1. The van der Waals surface area contributed by atoms with Gasteiger partial charge in [0.15, 0.2) is 0 Å². The molecule has 2 aliphatic rings. The number of rotatable bonds is 4. The molecule has 3 heteroatoms. The van der Waals surface area contributed by atoms with E-state index in [4.69, 9.17) is 0 Å². The highest BCUT2D eigenvalue weighted by Crippen LogP contribution is 2.24. The van der Waals surface area contributed by atoms with Crippen molar-refractivity contribution in [1.29, 1.82) is 0 Å². The van der Waals surface area contributed by atoms with E-state index >= 15 is 0 Å². The summed E-state index contributed by atoms with van der Waals surface area (Å²) >= 11 is 0. The monoisotopic (exact) mass is 239 g/mol. The van der Waals surface area contributed by atoms with Crippen LogP contribution in [-0.4, -0.2) is 62.7 Å². The quantitative estimate of drug-likeness (QED) is 0.800. The van der Waals surface area contributed by atoms with Crippen molar-refractivity contribution in [2.45, 2.75) is 44.2 Å². The maximum absolute atomic E-state index is 3.42. The molecule has 0 amide bonds. The Bertz CT molecular complexity index is 224. The van der Waals surface area contributed by atoms with Crippen LogP contribution in [0.4, 0.5) is 0 Å². The molecule has 1 aliphatic heterocycles. The molecule has 0 aromatic carbocycles. The lowest BCUT2D eigenvalue weighted by molar-refractivity contribution is 0.155. The van der Waals surface area contributed by atoms with E-state index in [1.165, 1.54) is 51.7 Å². The topological polar surface area (TPSA) is 18.5 Å². The van der Waals surface area contributed by atoms with Crippen molar-refractivity contribution in [3.8, 4) is 0 Å². The maximum atomic E-state index is 3.42. The molecule has 0 aromatic rings. The zero-order valence-electron chi connectivity index (χ0n) is 11.8. The van der Waals surface area contributed by atoms with Gasteiger partial charge >= 0.3 is 0 Å². The van der Waals surface area contributed by atoms with E-state index in [9.17, 15) is 0 Å². The third-order valence-corrected chi connectivity index (χ3v) is 4.76. The standard InChI is InChI=1S/C14H29N3/c1-15-13-4-6-14(7-5-13)17(3)11-12-8-9-16(2)10-12/h12-15H,4-11H2,1-3H3. The molecule has 1 aliphatic carbocycles. The van der Waals surface area contributed by atoms with Crippen LogP contribution >= 0.6 is 0 Å². The van der Waals surface area contributed by atoms with E-state index in [0.29, 0.717) is 0 Å². The highest BCUT2D eigenvalue weighted by atomic mass is 15.2. The van der Waals surface area contributed by atoms with Crippen molar-refractivity contribution in [3.05, 3.63) is 0 Å². The van der Waals surface area contributed by atoms with Gasteiger partial charge in [0.2, 0.25) is 0 Å². The van der Waals surface area contributed by atoms with Crippen LogP contribution in [0.25, 0.3) is 0 Å². The first-order valence-electron chi connectivity index (χ1n) is 7.25. The van der Waals surface area contributed by atoms with Crippen molar-refractivity contribution >= 4 is 0 Å². The van der Waals surface area contributed by atoms with Crippen LogP contribution in [0.3, 0.4) is 0 Å². The molecule has 2 fully saturated rings. The fourth-order valence-corrected chi connectivity index (χ4v) is 3.54. The molecule has 1 saturated heterocycles. The van der Waals surface area contributed by atoms with Gasteiger partial charge in [0.25, 0.3) is 0 Å². The summed E-state index contributed by atoms with van der Waals surface area (Å²) in [7, 11) is 6.68. The second-order valence-corrected chi connectivity index (χ2v) is 6.15. The number of likely N-dealkylation sites (tertiary alicyclic amines) is 1. The summed E-state index contributed by atoms with van der Waals surface area (Å²) in [5.74, 6) is 0.909. The summed E-state index contributed by atoms with van der Waals surface area (Å²) in [6.07, 6.45) is 6.87. The van der Waals surface area contributed by atoms with Crippen molar-refractivity contribution in [1.82, 2.24) is 15.1 Å². The Kier molecular flexibility index (Phi) is 4.83. The highest BCUT2D eigenvalue weighted by Gasteiger charge is 2.26. The Morgan fingerprint density at radius 2 is 1.88 bits per heavy atom. The predicted octanol–water partition coefficient (Wildman–Crippen LogP) is 1.40. The van der Waals surface area contributed by atoms with Gasteiger partial charge in [-0.15, -0.1) is 0 Å². The molecule has 1 heterocycles. The molecule has 3 nitrogen and oxygen atoms in total. The molecule has 0 bridgehead atoms. The first-order chi connectivity index (χ1) is 8.19. The smallest absolute Gasteiger partial charge is 0.00934 e. The molecule has 1 unspecified atom stereocenters. The summed E-state index contributed by atoms with van der Waals surface area (Å²) in [4.78, 5) is 5.10. The van der Waals surface area contributed by atoms with Gasteiger partial charge in [-0.05, 0) is 65.7 Å². The van der Waals surface area contributed by atoms with Gasteiger partial charge < -0.3 is 15.1 Å². The van der Waals surface area contributed by atoms with Crippen LogP contribution in [-0.2, 0) is 0 Å². The molecule has 100 valence electrons. The Balaban J connectivity index is 1.71. The van der Waals surface area contributed by atoms with Crippen molar-refractivity contribution in [2.24, 2.45) is 5.92 Å². The maximum Gasteiger partial charge on any atom is 0.00934 e. The molecule has 2 rings (SSSR count). The lowest BCUT2D eigenvalue weighted by atomic mass is 9.90. The zero-order chi connectivity index (χ0) is 12.3. The Hall–Kier alpha value is -0.120. The summed E-state index contributed by atoms with van der Waals surface area (Å²) in [6.45, 7) is 3.90. The van der Waals surface area contributed by atoms with E-state index in [2.05, 4.69) is 36.3 Å². The van der Waals surface area contributed by atoms with Crippen molar-refractivity contribution in [2.75, 3.05) is 40.8 Å².